The summed E-state index contributed by atoms with van der Waals surface area (Å²) in [6, 6.07) is 0. The van der Waals surface area contributed by atoms with Crippen LogP contribution in [0.1, 0.15) is 19.8 Å². The van der Waals surface area contributed by atoms with Gasteiger partial charge in [0.25, 0.3) is 0 Å². The quantitative estimate of drug-likeness (QED) is 0.640. The fraction of sp³-hybridized carbons (Fsp3) is 0.667. The summed E-state index contributed by atoms with van der Waals surface area (Å²) in [6.45, 7) is 5.41. The van der Waals surface area contributed by atoms with Crippen LogP contribution in [0.5, 0.6) is 0 Å². The van der Waals surface area contributed by atoms with Gasteiger partial charge in [-0.25, -0.2) is 8.42 Å². The summed E-state index contributed by atoms with van der Waals surface area (Å²) >= 11 is 0. The molecule has 1 unspecified atom stereocenters. The van der Waals surface area contributed by atoms with Crippen LogP contribution in [-0.2, 0) is 14.6 Å². The summed E-state index contributed by atoms with van der Waals surface area (Å²) in [6.07, 6.45) is 0.814. The Morgan fingerprint density at radius 1 is 1.54 bits per heavy atom. The van der Waals surface area contributed by atoms with Crippen LogP contribution in [0, 0.1) is 5.92 Å². The molecule has 0 aromatic carbocycles. The molecule has 0 aromatic heterocycles. The first-order valence-electron chi connectivity index (χ1n) is 4.28. The number of ketones is 1. The van der Waals surface area contributed by atoms with Crippen molar-refractivity contribution in [2.45, 2.75) is 19.8 Å². The first-order chi connectivity index (χ1) is 5.91. The van der Waals surface area contributed by atoms with Crippen LogP contribution in [0.25, 0.3) is 0 Å². The van der Waals surface area contributed by atoms with Gasteiger partial charge in [-0.05, 0) is 13.3 Å². The summed E-state index contributed by atoms with van der Waals surface area (Å²) < 4.78 is 22.1. The second-order valence-electron chi connectivity index (χ2n) is 3.70. The van der Waals surface area contributed by atoms with Gasteiger partial charge in [-0.3, -0.25) is 4.79 Å². The molecule has 1 aliphatic heterocycles. The van der Waals surface area contributed by atoms with Crippen molar-refractivity contribution in [3.05, 3.63) is 12.2 Å². The number of hydrogen-bond donors (Lipinski definition) is 0. The van der Waals surface area contributed by atoms with Gasteiger partial charge in [-0.1, -0.05) is 12.2 Å². The molecule has 1 saturated heterocycles. The van der Waals surface area contributed by atoms with E-state index in [1.54, 1.807) is 6.92 Å². The van der Waals surface area contributed by atoms with E-state index >= 15 is 0 Å². The van der Waals surface area contributed by atoms with Gasteiger partial charge in [0.05, 0.1) is 11.5 Å². The fourth-order valence-electron chi connectivity index (χ4n) is 1.49. The van der Waals surface area contributed by atoms with E-state index < -0.39 is 9.84 Å². The van der Waals surface area contributed by atoms with Crippen LogP contribution in [0.4, 0.5) is 0 Å². The molecular weight excluding hydrogens is 188 g/mol. The first kappa shape index (κ1) is 10.4. The van der Waals surface area contributed by atoms with Crippen molar-refractivity contribution in [2.75, 3.05) is 11.5 Å². The fourth-order valence-corrected chi connectivity index (χ4v) is 3.27. The van der Waals surface area contributed by atoms with E-state index in [-0.39, 0.29) is 23.2 Å². The Morgan fingerprint density at radius 3 is 2.54 bits per heavy atom. The molecule has 1 aliphatic rings. The van der Waals surface area contributed by atoms with Crippen molar-refractivity contribution >= 4 is 15.6 Å². The molecule has 0 aromatic rings. The van der Waals surface area contributed by atoms with Crippen molar-refractivity contribution in [1.29, 1.82) is 0 Å². The summed E-state index contributed by atoms with van der Waals surface area (Å²) in [5.41, 5.74) is 0.800. The molecule has 3 nitrogen and oxygen atoms in total. The monoisotopic (exact) mass is 202 g/mol. The molecule has 4 heteroatoms. The molecule has 0 amide bonds. The molecule has 0 radical (unpaired) electrons. The van der Waals surface area contributed by atoms with E-state index in [0.29, 0.717) is 12.8 Å². The minimum Gasteiger partial charge on any atom is -0.299 e. The minimum atomic E-state index is -2.93. The van der Waals surface area contributed by atoms with Gasteiger partial charge in [0.15, 0.2) is 9.84 Å². The van der Waals surface area contributed by atoms with Gasteiger partial charge in [-0.2, -0.15) is 0 Å². The van der Waals surface area contributed by atoms with Gasteiger partial charge >= 0.3 is 0 Å². The van der Waals surface area contributed by atoms with Gasteiger partial charge in [0.2, 0.25) is 0 Å². The predicted molar refractivity (Wildman–Crippen MR) is 51.2 cm³/mol. The molecule has 74 valence electrons. The Morgan fingerprint density at radius 2 is 2.15 bits per heavy atom. The maximum Gasteiger partial charge on any atom is 0.151 e. The molecule has 0 bridgehead atoms. The van der Waals surface area contributed by atoms with Crippen molar-refractivity contribution < 1.29 is 13.2 Å². The number of Topliss-reactive ketones (excluding diaryl/α,β-unsaturated/α-hetero) is 1. The third kappa shape index (κ3) is 2.95. The molecule has 13 heavy (non-hydrogen) atoms. The lowest BCUT2D eigenvalue weighted by atomic mass is 9.99. The lowest BCUT2D eigenvalue weighted by molar-refractivity contribution is -0.121. The topological polar surface area (TPSA) is 51.2 Å². The van der Waals surface area contributed by atoms with E-state index in [4.69, 9.17) is 0 Å². The van der Waals surface area contributed by atoms with E-state index in [0.717, 1.165) is 5.57 Å². The highest BCUT2D eigenvalue weighted by Crippen LogP contribution is 2.21. The number of sulfone groups is 1. The van der Waals surface area contributed by atoms with E-state index in [1.165, 1.54) is 0 Å². The number of allylic oxidation sites excluding steroid dienone is 1. The lowest BCUT2D eigenvalue weighted by Crippen LogP contribution is -2.15. The Hall–Kier alpha value is -0.640. The number of carbonyl (C=O) groups is 1. The molecule has 0 aliphatic carbocycles. The van der Waals surface area contributed by atoms with E-state index in [9.17, 15) is 13.2 Å². The third-order valence-electron chi connectivity index (χ3n) is 2.16. The van der Waals surface area contributed by atoms with Crippen LogP contribution >= 0.6 is 0 Å². The summed E-state index contributed by atoms with van der Waals surface area (Å²) in [7, 11) is -2.93. The molecule has 0 saturated carbocycles. The van der Waals surface area contributed by atoms with Crippen LogP contribution in [0.3, 0.4) is 0 Å². The highest BCUT2D eigenvalue weighted by atomic mass is 32.2. The number of rotatable bonds is 3. The standard InChI is InChI=1S/C9H14O3S/c1-7(2)5-9(10)8-3-4-13(11,12)6-8/h8H,1,3-6H2,2H3. The van der Waals surface area contributed by atoms with E-state index in [1.807, 2.05) is 0 Å². The SMILES string of the molecule is C=C(C)CC(=O)C1CCS(=O)(=O)C1. The Labute approximate surface area is 78.8 Å². The van der Waals surface area contributed by atoms with Crippen LogP contribution in [-0.4, -0.2) is 25.7 Å². The van der Waals surface area contributed by atoms with Crippen molar-refractivity contribution in [3.63, 3.8) is 0 Å². The average Bonchev–Trinajstić information content (AvgIpc) is 2.28. The van der Waals surface area contributed by atoms with Crippen molar-refractivity contribution in [2.24, 2.45) is 5.92 Å². The van der Waals surface area contributed by atoms with Crippen LogP contribution in [0.15, 0.2) is 12.2 Å². The van der Waals surface area contributed by atoms with Crippen molar-refractivity contribution in [3.8, 4) is 0 Å². The lowest BCUT2D eigenvalue weighted by Gasteiger charge is -2.05. The Balaban J connectivity index is 2.57. The van der Waals surface area contributed by atoms with Gasteiger partial charge in [0.1, 0.15) is 5.78 Å². The summed E-state index contributed by atoms with van der Waals surface area (Å²) in [5.74, 6) is -0.0473. The normalized spacial score (nSPS) is 25.8. The molecular formula is C9H14O3S. The largest absolute Gasteiger partial charge is 0.299 e. The maximum atomic E-state index is 11.4. The van der Waals surface area contributed by atoms with Gasteiger partial charge < -0.3 is 0 Å². The van der Waals surface area contributed by atoms with Gasteiger partial charge in [0, 0.05) is 12.3 Å². The molecule has 1 atom stereocenters. The average molecular weight is 202 g/mol. The zero-order valence-corrected chi connectivity index (χ0v) is 8.56. The molecule has 1 rings (SSSR count). The Kier molecular flexibility index (Phi) is 2.91. The number of hydrogen-bond acceptors (Lipinski definition) is 3. The minimum absolute atomic E-state index is 0.0218. The van der Waals surface area contributed by atoms with Gasteiger partial charge in [-0.15, -0.1) is 0 Å². The predicted octanol–water partition coefficient (Wildman–Crippen LogP) is 0.956. The maximum absolute atomic E-state index is 11.4. The zero-order valence-electron chi connectivity index (χ0n) is 7.75. The van der Waals surface area contributed by atoms with E-state index in [2.05, 4.69) is 6.58 Å². The zero-order chi connectivity index (χ0) is 10.1. The summed E-state index contributed by atoms with van der Waals surface area (Å²) in [5, 5.41) is 0. The molecule has 1 heterocycles. The van der Waals surface area contributed by atoms with Crippen LogP contribution in [0.2, 0.25) is 0 Å². The molecule has 0 spiro atoms. The third-order valence-corrected chi connectivity index (χ3v) is 3.93. The first-order valence-corrected chi connectivity index (χ1v) is 6.10. The highest BCUT2D eigenvalue weighted by Gasteiger charge is 2.32. The van der Waals surface area contributed by atoms with Crippen molar-refractivity contribution in [1.82, 2.24) is 0 Å². The second-order valence-corrected chi connectivity index (χ2v) is 5.93. The number of carbonyl (C=O) groups excluding carboxylic acids is 1. The Bertz CT molecular complexity index is 327. The smallest absolute Gasteiger partial charge is 0.151 e. The summed E-state index contributed by atoms with van der Waals surface area (Å²) in [4.78, 5) is 11.4. The van der Waals surface area contributed by atoms with Crippen LogP contribution < -0.4 is 0 Å². The molecule has 0 N–H and O–H groups in total. The highest BCUT2D eigenvalue weighted by molar-refractivity contribution is 7.91. The molecule has 1 fully saturated rings. The second kappa shape index (κ2) is 3.62.